The van der Waals surface area contributed by atoms with Crippen molar-refractivity contribution in [1.82, 2.24) is 9.97 Å². The lowest BCUT2D eigenvalue weighted by atomic mass is 10.1. The summed E-state index contributed by atoms with van der Waals surface area (Å²) in [7, 11) is 0. The lowest BCUT2D eigenvalue weighted by molar-refractivity contribution is 0.0690. The first-order valence-corrected chi connectivity index (χ1v) is 6.06. The van der Waals surface area contributed by atoms with Crippen molar-refractivity contribution in [3.63, 3.8) is 0 Å². The number of hydrogen-bond acceptors (Lipinski definition) is 5. The smallest absolute Gasteiger partial charge is 0.354 e. The van der Waals surface area contributed by atoms with Crippen molar-refractivity contribution < 1.29 is 14.6 Å². The summed E-state index contributed by atoms with van der Waals surface area (Å²) in [5.41, 5.74) is 0.670. The van der Waals surface area contributed by atoms with Gasteiger partial charge in [-0.25, -0.2) is 14.8 Å². The molecule has 1 aliphatic rings. The van der Waals surface area contributed by atoms with Crippen LogP contribution >= 0.6 is 0 Å². The average molecular weight is 251 g/mol. The monoisotopic (exact) mass is 251 g/mol. The molecule has 98 valence electrons. The van der Waals surface area contributed by atoms with E-state index < -0.39 is 5.97 Å². The molecule has 0 spiro atoms. The van der Waals surface area contributed by atoms with Gasteiger partial charge in [-0.15, -0.1) is 0 Å². The Balaban J connectivity index is 1.89. The van der Waals surface area contributed by atoms with Crippen molar-refractivity contribution in [2.24, 2.45) is 5.92 Å². The van der Waals surface area contributed by atoms with Crippen LogP contribution in [0.1, 0.15) is 29.0 Å². The molecular weight excluding hydrogens is 234 g/mol. The van der Waals surface area contributed by atoms with E-state index in [4.69, 9.17) is 9.84 Å². The maximum atomic E-state index is 10.9. The number of ether oxygens (including phenoxy) is 1. The van der Waals surface area contributed by atoms with Crippen molar-refractivity contribution in [2.45, 2.75) is 19.8 Å². The Morgan fingerprint density at radius 3 is 3.11 bits per heavy atom. The van der Waals surface area contributed by atoms with Gasteiger partial charge < -0.3 is 15.2 Å². The van der Waals surface area contributed by atoms with Crippen LogP contribution in [0, 0.1) is 12.8 Å². The highest BCUT2D eigenvalue weighted by atomic mass is 16.5. The molecule has 1 saturated heterocycles. The molecule has 0 aliphatic carbocycles. The van der Waals surface area contributed by atoms with E-state index in [0.29, 0.717) is 17.6 Å². The second-order valence-corrected chi connectivity index (χ2v) is 4.47. The fraction of sp³-hybridized carbons (Fsp3) is 0.583. The summed E-state index contributed by atoms with van der Waals surface area (Å²) in [5.74, 6) is -0.0692. The highest BCUT2D eigenvalue weighted by Crippen LogP contribution is 2.16. The maximum Gasteiger partial charge on any atom is 0.354 e. The van der Waals surface area contributed by atoms with Gasteiger partial charge in [0.1, 0.15) is 0 Å². The van der Waals surface area contributed by atoms with Crippen LogP contribution in [0.4, 0.5) is 5.95 Å². The van der Waals surface area contributed by atoms with Gasteiger partial charge in [0.2, 0.25) is 5.95 Å². The number of anilines is 1. The molecule has 1 fully saturated rings. The number of hydrogen-bond donors (Lipinski definition) is 2. The molecule has 1 unspecified atom stereocenters. The summed E-state index contributed by atoms with van der Waals surface area (Å²) in [6, 6.07) is 1.46. The molecule has 6 heteroatoms. The number of aromatic carboxylic acids is 1. The van der Waals surface area contributed by atoms with E-state index in [1.54, 1.807) is 6.92 Å². The van der Waals surface area contributed by atoms with Crippen molar-refractivity contribution in [3.05, 3.63) is 17.5 Å². The third-order valence-corrected chi connectivity index (χ3v) is 2.93. The zero-order valence-corrected chi connectivity index (χ0v) is 10.3. The number of rotatable bonds is 5. The van der Waals surface area contributed by atoms with Gasteiger partial charge in [0.25, 0.3) is 0 Å². The fourth-order valence-corrected chi connectivity index (χ4v) is 1.96. The van der Waals surface area contributed by atoms with Crippen molar-refractivity contribution >= 4 is 11.9 Å². The van der Waals surface area contributed by atoms with Gasteiger partial charge in [-0.05, 0) is 31.7 Å². The van der Waals surface area contributed by atoms with Gasteiger partial charge in [-0.3, -0.25) is 0 Å². The lowest BCUT2D eigenvalue weighted by Crippen LogP contribution is -2.13. The fourth-order valence-electron chi connectivity index (χ4n) is 1.96. The zero-order valence-electron chi connectivity index (χ0n) is 10.3. The predicted molar refractivity (Wildman–Crippen MR) is 65.8 cm³/mol. The number of carboxylic acids is 1. The molecule has 1 aliphatic heterocycles. The number of nitrogens with one attached hydrogen (secondary N) is 1. The third kappa shape index (κ3) is 3.40. The molecule has 0 bridgehead atoms. The summed E-state index contributed by atoms with van der Waals surface area (Å²) in [5, 5.41) is 12.0. The van der Waals surface area contributed by atoms with Gasteiger partial charge in [-0.1, -0.05) is 0 Å². The van der Waals surface area contributed by atoms with Gasteiger partial charge in [0.05, 0.1) is 0 Å². The molecule has 1 aromatic heterocycles. The quantitative estimate of drug-likeness (QED) is 0.821. The van der Waals surface area contributed by atoms with Crippen molar-refractivity contribution in [3.8, 4) is 0 Å². The second kappa shape index (κ2) is 5.77. The van der Waals surface area contributed by atoms with Gasteiger partial charge >= 0.3 is 5.97 Å². The van der Waals surface area contributed by atoms with Crippen LogP contribution in [0.5, 0.6) is 0 Å². The van der Waals surface area contributed by atoms with E-state index in [1.807, 2.05) is 0 Å². The lowest BCUT2D eigenvalue weighted by Gasteiger charge is -2.09. The Labute approximate surface area is 105 Å². The molecule has 6 nitrogen and oxygen atoms in total. The van der Waals surface area contributed by atoms with Crippen LogP contribution in [0.25, 0.3) is 0 Å². The van der Waals surface area contributed by atoms with E-state index in [-0.39, 0.29) is 5.69 Å². The van der Waals surface area contributed by atoms with Gasteiger partial charge in [0.15, 0.2) is 5.69 Å². The highest BCUT2D eigenvalue weighted by molar-refractivity contribution is 5.85. The Morgan fingerprint density at radius 2 is 2.44 bits per heavy atom. The largest absolute Gasteiger partial charge is 0.477 e. The summed E-state index contributed by atoms with van der Waals surface area (Å²) < 4.78 is 5.29. The minimum absolute atomic E-state index is 0.0224. The molecule has 0 amide bonds. The number of nitrogens with zero attached hydrogens (tertiary/aromatic N) is 2. The minimum atomic E-state index is -1.03. The zero-order chi connectivity index (χ0) is 13.0. The maximum absolute atomic E-state index is 10.9. The Morgan fingerprint density at radius 1 is 1.61 bits per heavy atom. The number of carbonyl (C=O) groups is 1. The van der Waals surface area contributed by atoms with Crippen LogP contribution in [0.15, 0.2) is 6.07 Å². The minimum Gasteiger partial charge on any atom is -0.477 e. The summed E-state index contributed by atoms with van der Waals surface area (Å²) in [4.78, 5) is 19.0. The standard InChI is InChI=1S/C12H17N3O3/c1-8-6-10(11(16)17)15-12(14-8)13-4-2-9-3-5-18-7-9/h6,9H,2-5,7H2,1H3,(H,16,17)(H,13,14,15). The summed E-state index contributed by atoms with van der Waals surface area (Å²) in [6.07, 6.45) is 2.08. The topological polar surface area (TPSA) is 84.3 Å². The number of carboxylic acid groups (broad SMARTS) is 1. The normalized spacial score (nSPS) is 18.8. The van der Waals surface area contributed by atoms with Crippen LogP contribution in [-0.4, -0.2) is 40.8 Å². The molecule has 18 heavy (non-hydrogen) atoms. The summed E-state index contributed by atoms with van der Waals surface area (Å²) in [6.45, 7) is 4.14. The SMILES string of the molecule is Cc1cc(C(=O)O)nc(NCCC2CCOC2)n1. The third-order valence-electron chi connectivity index (χ3n) is 2.93. The number of aromatic nitrogens is 2. The van der Waals surface area contributed by atoms with Gasteiger partial charge in [0, 0.05) is 25.5 Å². The molecule has 1 aromatic rings. The molecule has 2 N–H and O–H groups in total. The highest BCUT2D eigenvalue weighted by Gasteiger charge is 2.15. The first-order valence-electron chi connectivity index (χ1n) is 6.06. The Bertz CT molecular complexity index is 431. The first-order chi connectivity index (χ1) is 8.65. The molecule has 0 radical (unpaired) electrons. The van der Waals surface area contributed by atoms with E-state index in [0.717, 1.165) is 32.6 Å². The Kier molecular flexibility index (Phi) is 4.09. The van der Waals surface area contributed by atoms with Crippen molar-refractivity contribution in [2.75, 3.05) is 25.1 Å². The van der Waals surface area contributed by atoms with E-state index in [2.05, 4.69) is 15.3 Å². The molecule has 2 heterocycles. The first kappa shape index (κ1) is 12.8. The summed E-state index contributed by atoms with van der Waals surface area (Å²) >= 11 is 0. The number of aryl methyl sites for hydroxylation is 1. The Hall–Kier alpha value is -1.69. The predicted octanol–water partition coefficient (Wildman–Crippen LogP) is 1.32. The van der Waals surface area contributed by atoms with Crippen LogP contribution in [0.3, 0.4) is 0 Å². The molecule has 0 saturated carbocycles. The second-order valence-electron chi connectivity index (χ2n) is 4.47. The van der Waals surface area contributed by atoms with Crippen LogP contribution in [-0.2, 0) is 4.74 Å². The molecular formula is C12H17N3O3. The molecule has 0 aromatic carbocycles. The van der Waals surface area contributed by atoms with Crippen molar-refractivity contribution in [1.29, 1.82) is 0 Å². The van der Waals surface area contributed by atoms with Gasteiger partial charge in [-0.2, -0.15) is 0 Å². The average Bonchev–Trinajstić information content (AvgIpc) is 2.81. The van der Waals surface area contributed by atoms with E-state index >= 15 is 0 Å². The molecule has 2 rings (SSSR count). The van der Waals surface area contributed by atoms with Crippen LogP contribution in [0.2, 0.25) is 0 Å². The molecule has 1 atom stereocenters. The van der Waals surface area contributed by atoms with Crippen LogP contribution < -0.4 is 5.32 Å². The van der Waals surface area contributed by atoms with E-state index in [1.165, 1.54) is 6.07 Å². The van der Waals surface area contributed by atoms with E-state index in [9.17, 15) is 4.79 Å².